The van der Waals surface area contributed by atoms with Crippen LogP contribution in [0.2, 0.25) is 5.02 Å². The molecule has 3 aromatic rings. The molecule has 170 valence electrons. The average molecular weight is 540 g/mol. The molecule has 0 unspecified atom stereocenters. The van der Waals surface area contributed by atoms with Crippen LogP contribution >= 0.6 is 27.5 Å². The van der Waals surface area contributed by atoms with Crippen LogP contribution in [0.3, 0.4) is 0 Å². The van der Waals surface area contributed by atoms with Crippen LogP contribution in [-0.4, -0.2) is 23.8 Å². The SMILES string of the molecule is Cc1ccccc1N1C(=O)NC(=O)/C(=C/c2cc(Br)ccc2OC(=O)c2ccc(Cl)cc2)C1=O. The van der Waals surface area contributed by atoms with E-state index in [2.05, 4.69) is 21.2 Å². The van der Waals surface area contributed by atoms with Crippen LogP contribution < -0.4 is 15.0 Å². The third-order valence-corrected chi connectivity index (χ3v) is 5.76. The number of para-hydroxylation sites is 1. The van der Waals surface area contributed by atoms with Crippen LogP contribution in [0.1, 0.15) is 21.5 Å². The first-order chi connectivity index (χ1) is 16.2. The topological polar surface area (TPSA) is 92.8 Å². The molecule has 0 bridgehead atoms. The minimum atomic E-state index is -0.852. The molecule has 0 aromatic heterocycles. The van der Waals surface area contributed by atoms with Crippen LogP contribution in [-0.2, 0) is 9.59 Å². The normalized spacial score (nSPS) is 14.9. The van der Waals surface area contributed by atoms with E-state index in [0.29, 0.717) is 20.7 Å². The van der Waals surface area contributed by atoms with Gasteiger partial charge in [0.2, 0.25) is 0 Å². The Morgan fingerprint density at radius 3 is 2.44 bits per heavy atom. The summed E-state index contributed by atoms with van der Waals surface area (Å²) in [5.74, 6) is -2.17. The molecule has 34 heavy (non-hydrogen) atoms. The summed E-state index contributed by atoms with van der Waals surface area (Å²) in [5.41, 5.74) is 1.31. The molecule has 1 fully saturated rings. The summed E-state index contributed by atoms with van der Waals surface area (Å²) in [5, 5.41) is 2.66. The Bertz CT molecular complexity index is 1370. The lowest BCUT2D eigenvalue weighted by atomic mass is 10.0. The predicted molar refractivity (Wildman–Crippen MR) is 131 cm³/mol. The molecular formula is C25H16BrClN2O5. The third kappa shape index (κ3) is 4.78. The molecule has 0 atom stereocenters. The molecule has 1 saturated heterocycles. The molecule has 1 aliphatic rings. The Labute approximate surface area is 208 Å². The molecule has 9 heteroatoms. The maximum Gasteiger partial charge on any atom is 0.343 e. The van der Waals surface area contributed by atoms with E-state index in [4.69, 9.17) is 16.3 Å². The fourth-order valence-electron chi connectivity index (χ4n) is 3.32. The maximum absolute atomic E-state index is 13.2. The Morgan fingerprint density at radius 1 is 1.03 bits per heavy atom. The quantitative estimate of drug-likeness (QED) is 0.210. The highest BCUT2D eigenvalue weighted by Gasteiger charge is 2.37. The number of hydrogen-bond acceptors (Lipinski definition) is 5. The van der Waals surface area contributed by atoms with E-state index >= 15 is 0 Å². The number of nitrogens with zero attached hydrogens (tertiary/aromatic N) is 1. The van der Waals surface area contributed by atoms with Crippen molar-refractivity contribution in [1.29, 1.82) is 0 Å². The van der Waals surface area contributed by atoms with Gasteiger partial charge in [-0.15, -0.1) is 0 Å². The molecular weight excluding hydrogens is 524 g/mol. The summed E-state index contributed by atoms with van der Waals surface area (Å²) in [4.78, 5) is 51.8. The van der Waals surface area contributed by atoms with Crippen molar-refractivity contribution < 1.29 is 23.9 Å². The molecule has 1 heterocycles. The summed E-state index contributed by atoms with van der Waals surface area (Å²) in [7, 11) is 0. The van der Waals surface area contributed by atoms with E-state index < -0.39 is 23.8 Å². The van der Waals surface area contributed by atoms with Crippen LogP contribution in [0.25, 0.3) is 6.08 Å². The van der Waals surface area contributed by atoms with E-state index in [1.54, 1.807) is 55.5 Å². The van der Waals surface area contributed by atoms with Crippen molar-refractivity contribution in [3.63, 3.8) is 0 Å². The van der Waals surface area contributed by atoms with Gasteiger partial charge in [0.25, 0.3) is 11.8 Å². The van der Waals surface area contributed by atoms with E-state index in [-0.39, 0.29) is 22.4 Å². The molecule has 0 radical (unpaired) electrons. The molecule has 4 rings (SSSR count). The average Bonchev–Trinajstić information content (AvgIpc) is 2.79. The van der Waals surface area contributed by atoms with Crippen molar-refractivity contribution in [2.45, 2.75) is 6.92 Å². The van der Waals surface area contributed by atoms with Gasteiger partial charge in [-0.3, -0.25) is 14.9 Å². The first kappa shape index (κ1) is 23.4. The van der Waals surface area contributed by atoms with Crippen molar-refractivity contribution in [1.82, 2.24) is 5.32 Å². The standard InChI is InChI=1S/C25H16BrClN2O5/c1-14-4-2-3-5-20(14)29-23(31)19(22(30)28-25(29)33)13-16-12-17(26)8-11-21(16)34-24(32)15-6-9-18(27)10-7-15/h2-13H,1H3,(H,28,30,33)/b19-13-. The monoisotopic (exact) mass is 538 g/mol. The van der Waals surface area contributed by atoms with Gasteiger partial charge in [-0.2, -0.15) is 0 Å². The van der Waals surface area contributed by atoms with Gasteiger partial charge in [0.1, 0.15) is 11.3 Å². The van der Waals surface area contributed by atoms with Crippen molar-refractivity contribution in [3.8, 4) is 5.75 Å². The van der Waals surface area contributed by atoms with Gasteiger partial charge in [-0.25, -0.2) is 14.5 Å². The van der Waals surface area contributed by atoms with E-state index in [0.717, 1.165) is 4.90 Å². The number of barbiturate groups is 1. The van der Waals surface area contributed by atoms with Gasteiger partial charge < -0.3 is 4.74 Å². The third-order valence-electron chi connectivity index (χ3n) is 5.01. The Kier molecular flexibility index (Phi) is 6.63. The second-order valence-corrected chi connectivity index (χ2v) is 8.68. The number of ether oxygens (including phenoxy) is 1. The zero-order valence-corrected chi connectivity index (χ0v) is 20.0. The summed E-state index contributed by atoms with van der Waals surface area (Å²) >= 11 is 9.21. The van der Waals surface area contributed by atoms with E-state index in [1.165, 1.54) is 24.3 Å². The van der Waals surface area contributed by atoms with Gasteiger partial charge in [0, 0.05) is 15.1 Å². The number of carbonyl (C=O) groups is 4. The minimum absolute atomic E-state index is 0.121. The number of nitrogens with one attached hydrogen (secondary N) is 1. The zero-order chi connectivity index (χ0) is 24.4. The second-order valence-electron chi connectivity index (χ2n) is 7.32. The fraction of sp³-hybridized carbons (Fsp3) is 0.0400. The highest BCUT2D eigenvalue weighted by atomic mass is 79.9. The summed E-state index contributed by atoms with van der Waals surface area (Å²) in [6, 6.07) is 16.9. The lowest BCUT2D eigenvalue weighted by molar-refractivity contribution is -0.122. The number of hydrogen-bond donors (Lipinski definition) is 1. The number of benzene rings is 3. The smallest absolute Gasteiger partial charge is 0.343 e. The molecule has 0 aliphatic carbocycles. The van der Waals surface area contributed by atoms with Crippen LogP contribution in [0.15, 0.2) is 76.8 Å². The number of imide groups is 2. The van der Waals surface area contributed by atoms with Crippen molar-refractivity contribution >= 4 is 63.1 Å². The molecule has 0 saturated carbocycles. The van der Waals surface area contributed by atoms with Crippen LogP contribution in [0.4, 0.5) is 10.5 Å². The van der Waals surface area contributed by atoms with Crippen molar-refractivity contribution in [2.75, 3.05) is 4.90 Å². The second kappa shape index (κ2) is 9.62. The number of rotatable bonds is 4. The minimum Gasteiger partial charge on any atom is -0.422 e. The number of halogens is 2. The van der Waals surface area contributed by atoms with Gasteiger partial charge >= 0.3 is 12.0 Å². The molecule has 1 aliphatic heterocycles. The highest BCUT2D eigenvalue weighted by Crippen LogP contribution is 2.29. The summed E-state index contributed by atoms with van der Waals surface area (Å²) in [6.07, 6.45) is 1.28. The lowest BCUT2D eigenvalue weighted by Gasteiger charge is -2.27. The molecule has 0 spiro atoms. The van der Waals surface area contributed by atoms with Gasteiger partial charge in [-0.1, -0.05) is 45.7 Å². The largest absolute Gasteiger partial charge is 0.422 e. The zero-order valence-electron chi connectivity index (χ0n) is 17.7. The van der Waals surface area contributed by atoms with Crippen LogP contribution in [0, 0.1) is 6.92 Å². The first-order valence-corrected chi connectivity index (χ1v) is 11.2. The number of esters is 1. The van der Waals surface area contributed by atoms with Gasteiger partial charge in [0.15, 0.2) is 0 Å². The summed E-state index contributed by atoms with van der Waals surface area (Å²) in [6.45, 7) is 1.75. The number of carbonyl (C=O) groups excluding carboxylic acids is 4. The first-order valence-electron chi connectivity index (χ1n) is 9.99. The van der Waals surface area contributed by atoms with Crippen molar-refractivity contribution in [3.05, 3.63) is 98.5 Å². The molecule has 1 N–H and O–H groups in total. The highest BCUT2D eigenvalue weighted by molar-refractivity contribution is 9.10. The number of anilines is 1. The molecule has 7 nitrogen and oxygen atoms in total. The number of aryl methyl sites for hydroxylation is 1. The number of urea groups is 1. The van der Waals surface area contributed by atoms with E-state index in [9.17, 15) is 19.2 Å². The van der Waals surface area contributed by atoms with Gasteiger partial charge in [0.05, 0.1) is 11.3 Å². The maximum atomic E-state index is 13.2. The molecule has 3 aromatic carbocycles. The van der Waals surface area contributed by atoms with Crippen molar-refractivity contribution in [2.24, 2.45) is 0 Å². The van der Waals surface area contributed by atoms with Gasteiger partial charge in [-0.05, 0) is 67.1 Å². The van der Waals surface area contributed by atoms with E-state index in [1.807, 2.05) is 0 Å². The van der Waals surface area contributed by atoms with Crippen LogP contribution in [0.5, 0.6) is 5.75 Å². The predicted octanol–water partition coefficient (Wildman–Crippen LogP) is 5.30. The fourth-order valence-corrected chi connectivity index (χ4v) is 3.82. The summed E-state index contributed by atoms with van der Waals surface area (Å²) < 4.78 is 6.15. The lowest BCUT2D eigenvalue weighted by Crippen LogP contribution is -2.54. The number of amides is 4. The molecule has 4 amide bonds. The Hall–Kier alpha value is -3.75. The Balaban J connectivity index is 1.72. The Morgan fingerprint density at radius 2 is 1.74 bits per heavy atom.